The fourth-order valence-electron chi connectivity index (χ4n) is 4.06. The number of hydrogen-bond donors (Lipinski definition) is 1. The van der Waals surface area contributed by atoms with E-state index in [0.29, 0.717) is 13.0 Å². The average Bonchev–Trinajstić information content (AvgIpc) is 2.79. The van der Waals surface area contributed by atoms with E-state index in [4.69, 9.17) is 0 Å². The molecule has 1 aromatic heterocycles. The van der Waals surface area contributed by atoms with Crippen LogP contribution in [0.15, 0.2) is 79.0 Å². The van der Waals surface area contributed by atoms with Crippen molar-refractivity contribution in [1.29, 1.82) is 0 Å². The summed E-state index contributed by atoms with van der Waals surface area (Å²) in [5.41, 5.74) is 2.83. The van der Waals surface area contributed by atoms with E-state index in [2.05, 4.69) is 10.3 Å². The van der Waals surface area contributed by atoms with Gasteiger partial charge in [0, 0.05) is 38.4 Å². The van der Waals surface area contributed by atoms with Gasteiger partial charge in [0.25, 0.3) is 0 Å². The molecule has 0 saturated carbocycles. The van der Waals surface area contributed by atoms with Crippen LogP contribution in [0.4, 0.5) is 26.3 Å². The molecular weight excluding hydrogens is 585 g/mol. The van der Waals surface area contributed by atoms with Crippen molar-refractivity contribution in [3.05, 3.63) is 97.7 Å². The van der Waals surface area contributed by atoms with Gasteiger partial charge in [0.1, 0.15) is 0 Å². The molecule has 4 rings (SSSR count). The molecule has 0 radical (unpaired) electrons. The summed E-state index contributed by atoms with van der Waals surface area (Å²) < 4.78 is 73.7. The molecule has 0 aliphatic carbocycles. The van der Waals surface area contributed by atoms with Gasteiger partial charge in [0.05, 0.1) is 12.8 Å². The maximum absolute atomic E-state index is 12.3. The molecule has 0 spiro atoms. The zero-order valence-corrected chi connectivity index (χ0v) is 21.3. The predicted octanol–water partition coefficient (Wildman–Crippen LogP) is 8.41. The van der Waals surface area contributed by atoms with Crippen LogP contribution in [-0.4, -0.2) is 29.9 Å². The minimum Gasteiger partial charge on any atom is -0.358 e. The second-order valence-corrected chi connectivity index (χ2v) is 8.30. The van der Waals surface area contributed by atoms with Crippen molar-refractivity contribution in [2.45, 2.75) is 57.4 Å². The first-order chi connectivity index (χ1) is 16.1. The van der Waals surface area contributed by atoms with E-state index in [0.717, 1.165) is 23.1 Å². The number of nitrogens with zero attached hydrogens (tertiary/aromatic N) is 1. The molecule has 0 amide bonds. The third-order valence-electron chi connectivity index (χ3n) is 5.55. The Hall–Kier alpha value is -2.21. The molecule has 2 atom stereocenters. The van der Waals surface area contributed by atoms with E-state index in [9.17, 15) is 26.3 Å². The molecule has 2 aromatic carbocycles. The van der Waals surface area contributed by atoms with E-state index in [1.807, 2.05) is 60.7 Å². The Morgan fingerprint density at radius 1 is 0.811 bits per heavy atom. The fourth-order valence-corrected chi connectivity index (χ4v) is 4.06. The minimum atomic E-state index is -4.22. The molecular formula is C28H33F6N2Pd-. The van der Waals surface area contributed by atoms with E-state index < -0.39 is 31.2 Å². The third kappa shape index (κ3) is 12.7. The standard InChI is InChI=1S/C13H16F3N.C13H10F3N.CH4.CH3.Pd/c2*14-13(15,16)9-12-8-11(6-7-17-12)10-4-2-1-3-5-10;;;/h1-5,11-12,17H,6-9H2;1-8H,9H2;1H4;1H3;/q;;;-1;. The molecule has 208 valence electrons. The number of nitrogens with one attached hydrogen (secondary N) is 1. The third-order valence-corrected chi connectivity index (χ3v) is 5.55. The summed E-state index contributed by atoms with van der Waals surface area (Å²) in [6.45, 7) is 0.667. The molecule has 2 nitrogen and oxygen atoms in total. The largest absolute Gasteiger partial charge is 0.394 e. The van der Waals surface area contributed by atoms with Gasteiger partial charge >= 0.3 is 12.4 Å². The van der Waals surface area contributed by atoms with Crippen LogP contribution in [0.25, 0.3) is 11.1 Å². The Balaban J connectivity index is 0.000000648. The predicted molar refractivity (Wildman–Crippen MR) is 133 cm³/mol. The molecule has 1 N–H and O–H groups in total. The van der Waals surface area contributed by atoms with Gasteiger partial charge in [-0.2, -0.15) is 26.3 Å². The van der Waals surface area contributed by atoms with Crippen LogP contribution < -0.4 is 5.32 Å². The van der Waals surface area contributed by atoms with Gasteiger partial charge in [-0.25, -0.2) is 0 Å². The van der Waals surface area contributed by atoms with E-state index >= 15 is 0 Å². The van der Waals surface area contributed by atoms with Crippen molar-refractivity contribution in [2.24, 2.45) is 0 Å². The minimum absolute atomic E-state index is 0. The van der Waals surface area contributed by atoms with E-state index in [1.54, 1.807) is 6.07 Å². The van der Waals surface area contributed by atoms with Crippen molar-refractivity contribution >= 4 is 0 Å². The summed E-state index contributed by atoms with van der Waals surface area (Å²) in [5.74, 6) is 0.254. The maximum atomic E-state index is 12.3. The summed E-state index contributed by atoms with van der Waals surface area (Å²) in [6.07, 6.45) is -7.12. The number of piperidine rings is 1. The van der Waals surface area contributed by atoms with Crippen LogP contribution in [0.5, 0.6) is 0 Å². The van der Waals surface area contributed by atoms with Crippen molar-refractivity contribution < 1.29 is 46.8 Å². The van der Waals surface area contributed by atoms with Gasteiger partial charge < -0.3 is 12.7 Å². The Bertz CT molecular complexity index is 1010. The topological polar surface area (TPSA) is 24.9 Å². The molecule has 9 heteroatoms. The maximum Gasteiger partial charge on any atom is 0.394 e. The molecule has 1 aliphatic heterocycles. The smallest absolute Gasteiger partial charge is 0.358 e. The molecule has 0 bridgehead atoms. The SMILES string of the molecule is C.FC(F)(F)CC1CC(c2ccccc2)CCN1.FC(F)(F)Cc1cc(-c2ccccc2)ccn1.[CH3-].[Pd]. The number of halogens is 6. The zero-order chi connectivity index (χ0) is 24.6. The first-order valence-corrected chi connectivity index (χ1v) is 11.0. The molecule has 1 fully saturated rings. The monoisotopic (exact) mass is 617 g/mol. The first-order valence-electron chi connectivity index (χ1n) is 11.0. The number of aromatic nitrogens is 1. The molecule has 37 heavy (non-hydrogen) atoms. The van der Waals surface area contributed by atoms with Gasteiger partial charge in [0.2, 0.25) is 0 Å². The van der Waals surface area contributed by atoms with Gasteiger partial charge in [-0.15, -0.1) is 0 Å². The fraction of sp³-hybridized carbons (Fsp3) is 0.357. The molecule has 3 aromatic rings. The molecule has 2 unspecified atom stereocenters. The summed E-state index contributed by atoms with van der Waals surface area (Å²) >= 11 is 0. The number of pyridine rings is 1. The molecule has 2 heterocycles. The van der Waals surface area contributed by atoms with Crippen molar-refractivity contribution in [1.82, 2.24) is 10.3 Å². The van der Waals surface area contributed by atoms with Crippen molar-refractivity contribution in [3.8, 4) is 11.1 Å². The van der Waals surface area contributed by atoms with Crippen LogP contribution in [0.1, 0.15) is 43.9 Å². The summed E-state index contributed by atoms with van der Waals surface area (Å²) in [4.78, 5) is 3.73. The van der Waals surface area contributed by atoms with Crippen molar-refractivity contribution in [3.63, 3.8) is 0 Å². The zero-order valence-electron chi connectivity index (χ0n) is 19.7. The number of hydrogen-bond acceptors (Lipinski definition) is 2. The first kappa shape index (κ1) is 34.8. The number of rotatable bonds is 4. The second-order valence-electron chi connectivity index (χ2n) is 8.30. The van der Waals surface area contributed by atoms with Crippen LogP contribution in [-0.2, 0) is 26.8 Å². The van der Waals surface area contributed by atoms with Gasteiger partial charge in [-0.3, -0.25) is 4.98 Å². The Labute approximate surface area is 229 Å². The second kappa shape index (κ2) is 15.9. The quantitative estimate of drug-likeness (QED) is 0.181. The summed E-state index contributed by atoms with van der Waals surface area (Å²) in [5, 5.41) is 2.96. The Morgan fingerprint density at radius 3 is 1.97 bits per heavy atom. The number of benzene rings is 2. The van der Waals surface area contributed by atoms with Gasteiger partial charge in [-0.1, -0.05) is 68.1 Å². The summed E-state index contributed by atoms with van der Waals surface area (Å²) in [7, 11) is 0. The van der Waals surface area contributed by atoms with Crippen LogP contribution in [0.3, 0.4) is 0 Å². The molecule has 1 aliphatic rings. The van der Waals surface area contributed by atoms with Gasteiger partial charge in [-0.05, 0) is 54.1 Å². The Morgan fingerprint density at radius 2 is 1.41 bits per heavy atom. The van der Waals surface area contributed by atoms with Gasteiger partial charge in [0.15, 0.2) is 0 Å². The van der Waals surface area contributed by atoms with E-state index in [-0.39, 0.29) is 46.9 Å². The van der Waals surface area contributed by atoms with Crippen LogP contribution in [0, 0.1) is 7.43 Å². The number of alkyl halides is 6. The Kier molecular flexibility index (Phi) is 15.0. The molecule has 1 saturated heterocycles. The summed E-state index contributed by atoms with van der Waals surface area (Å²) in [6, 6.07) is 21.8. The van der Waals surface area contributed by atoms with Crippen molar-refractivity contribution in [2.75, 3.05) is 6.54 Å². The van der Waals surface area contributed by atoms with E-state index in [1.165, 1.54) is 12.3 Å². The van der Waals surface area contributed by atoms with Crippen LogP contribution >= 0.6 is 0 Å². The normalized spacial score (nSPS) is 17.1. The van der Waals surface area contributed by atoms with Crippen LogP contribution in [0.2, 0.25) is 0 Å². The average molecular weight is 618 g/mol.